The number of hydrogen-bond donors (Lipinski definition) is 1. The van der Waals surface area contributed by atoms with Crippen molar-refractivity contribution >= 4 is 17.7 Å². The Morgan fingerprint density at radius 3 is 2.33 bits per heavy atom. The van der Waals surface area contributed by atoms with E-state index >= 15 is 0 Å². The number of morpholine rings is 1. The maximum atomic E-state index is 5.81. The number of rotatable bonds is 3. The Hall–Kier alpha value is -2.52. The van der Waals surface area contributed by atoms with Crippen LogP contribution in [-0.2, 0) is 9.47 Å². The molecule has 0 radical (unpaired) electrons. The number of pyridine rings is 1. The van der Waals surface area contributed by atoms with Gasteiger partial charge in [-0.15, -0.1) is 0 Å². The van der Waals surface area contributed by atoms with E-state index in [0.717, 1.165) is 56.5 Å². The maximum absolute atomic E-state index is 5.81. The molecule has 3 aliphatic rings. The molecule has 3 fully saturated rings. The fourth-order valence-corrected chi connectivity index (χ4v) is 3.81. The molecule has 2 N–H and O–H groups in total. The lowest BCUT2D eigenvalue weighted by Crippen LogP contribution is -2.66. The minimum atomic E-state index is 0.296. The molecule has 1 spiro atoms. The van der Waals surface area contributed by atoms with E-state index in [9.17, 15) is 0 Å². The van der Waals surface area contributed by atoms with E-state index in [0.29, 0.717) is 36.2 Å². The van der Waals surface area contributed by atoms with Crippen molar-refractivity contribution in [2.24, 2.45) is 5.41 Å². The van der Waals surface area contributed by atoms with Crippen molar-refractivity contribution in [2.45, 2.75) is 6.92 Å². The van der Waals surface area contributed by atoms with Crippen molar-refractivity contribution in [1.82, 2.24) is 19.9 Å². The first-order chi connectivity index (χ1) is 13.1. The normalized spacial score (nSPS) is 21.1. The molecule has 142 valence electrons. The zero-order valence-corrected chi connectivity index (χ0v) is 15.4. The molecular formula is C18H23N7O2. The van der Waals surface area contributed by atoms with Gasteiger partial charge in [0, 0.05) is 37.9 Å². The largest absolute Gasteiger partial charge is 0.384 e. The van der Waals surface area contributed by atoms with E-state index in [1.165, 1.54) is 0 Å². The van der Waals surface area contributed by atoms with Gasteiger partial charge >= 0.3 is 0 Å². The number of anilines is 3. The summed E-state index contributed by atoms with van der Waals surface area (Å²) in [5, 5.41) is 0. The summed E-state index contributed by atoms with van der Waals surface area (Å²) in [4.78, 5) is 22.9. The fraction of sp³-hybridized carbons (Fsp3) is 0.556. The third kappa shape index (κ3) is 2.96. The first-order valence-electron chi connectivity index (χ1n) is 9.26. The first-order valence-corrected chi connectivity index (χ1v) is 9.26. The van der Waals surface area contributed by atoms with E-state index in [-0.39, 0.29) is 0 Å². The van der Waals surface area contributed by atoms with Crippen LogP contribution in [0.1, 0.15) is 5.56 Å². The molecule has 9 nitrogen and oxygen atoms in total. The minimum absolute atomic E-state index is 0.296. The van der Waals surface area contributed by atoms with Crippen molar-refractivity contribution < 1.29 is 9.47 Å². The van der Waals surface area contributed by atoms with Gasteiger partial charge in [-0.1, -0.05) is 0 Å². The summed E-state index contributed by atoms with van der Waals surface area (Å²) in [6.07, 6.45) is 1.74. The Kier molecular flexibility index (Phi) is 3.87. The predicted octanol–water partition coefficient (Wildman–Crippen LogP) is 0.497. The predicted molar refractivity (Wildman–Crippen MR) is 101 cm³/mol. The van der Waals surface area contributed by atoms with E-state index in [4.69, 9.17) is 30.2 Å². The Balaban J connectivity index is 1.52. The molecule has 0 aromatic carbocycles. The molecule has 9 heteroatoms. The highest BCUT2D eigenvalue weighted by atomic mass is 16.5. The number of nitrogens with zero attached hydrogens (tertiary/aromatic N) is 6. The number of nitrogen functional groups attached to an aromatic ring is 1. The van der Waals surface area contributed by atoms with Gasteiger partial charge in [0.25, 0.3) is 0 Å². The minimum Gasteiger partial charge on any atom is -0.384 e. The Labute approximate surface area is 157 Å². The van der Waals surface area contributed by atoms with Crippen LogP contribution in [0.15, 0.2) is 12.3 Å². The van der Waals surface area contributed by atoms with Crippen LogP contribution in [0.3, 0.4) is 0 Å². The van der Waals surface area contributed by atoms with Gasteiger partial charge in [-0.25, -0.2) is 4.98 Å². The highest BCUT2D eigenvalue weighted by Gasteiger charge is 2.50. The van der Waals surface area contributed by atoms with Gasteiger partial charge in [-0.05, 0) is 18.6 Å². The third-order valence-electron chi connectivity index (χ3n) is 5.43. The molecule has 2 aromatic rings. The Bertz CT molecular complexity index is 857. The monoisotopic (exact) mass is 369 g/mol. The molecular weight excluding hydrogens is 346 g/mol. The van der Waals surface area contributed by atoms with Gasteiger partial charge in [0.1, 0.15) is 5.82 Å². The molecule has 5 heterocycles. The lowest BCUT2D eigenvalue weighted by Gasteiger charge is -2.54. The van der Waals surface area contributed by atoms with Gasteiger partial charge in [0.15, 0.2) is 5.82 Å². The van der Waals surface area contributed by atoms with E-state index in [2.05, 4.69) is 14.8 Å². The average Bonchev–Trinajstić information content (AvgIpc) is 2.60. The van der Waals surface area contributed by atoms with Crippen LogP contribution in [0.4, 0.5) is 17.7 Å². The molecule has 3 aliphatic heterocycles. The van der Waals surface area contributed by atoms with Crippen LogP contribution < -0.4 is 15.5 Å². The van der Waals surface area contributed by atoms with Crippen LogP contribution >= 0.6 is 0 Å². The average molecular weight is 369 g/mol. The fourth-order valence-electron chi connectivity index (χ4n) is 3.81. The summed E-state index contributed by atoms with van der Waals surface area (Å²) in [6.45, 7) is 8.44. The summed E-state index contributed by atoms with van der Waals surface area (Å²) in [6, 6.07) is 1.84. The summed E-state index contributed by atoms with van der Waals surface area (Å²) in [7, 11) is 0. The standard InChI is InChI=1S/C18H23N7O2/c1-12-6-14(19)20-7-13(12)15-21-16(24-2-4-26-5-3-24)23-17(22-15)25-8-18(9-25)10-27-11-18/h6-7H,2-5,8-11H2,1H3,(H2,19,20). The van der Waals surface area contributed by atoms with Crippen LogP contribution in [-0.4, -0.2) is 72.5 Å². The smallest absolute Gasteiger partial charge is 0.230 e. The highest BCUT2D eigenvalue weighted by Crippen LogP contribution is 2.39. The molecule has 27 heavy (non-hydrogen) atoms. The van der Waals surface area contributed by atoms with Gasteiger partial charge in [-0.3, -0.25) is 0 Å². The first kappa shape index (κ1) is 16.6. The lowest BCUT2D eigenvalue weighted by atomic mass is 9.78. The van der Waals surface area contributed by atoms with Crippen molar-refractivity contribution in [1.29, 1.82) is 0 Å². The number of hydrogen-bond acceptors (Lipinski definition) is 9. The van der Waals surface area contributed by atoms with E-state index < -0.39 is 0 Å². The second-order valence-corrected chi connectivity index (χ2v) is 7.63. The SMILES string of the molecule is Cc1cc(N)ncc1-c1nc(N2CCOCC2)nc(N2CC3(COC3)C2)n1. The Morgan fingerprint density at radius 2 is 1.70 bits per heavy atom. The quantitative estimate of drug-likeness (QED) is 0.828. The molecule has 0 atom stereocenters. The number of ether oxygens (including phenoxy) is 2. The third-order valence-corrected chi connectivity index (χ3v) is 5.43. The molecule has 0 unspecified atom stereocenters. The van der Waals surface area contributed by atoms with Crippen LogP contribution in [0, 0.1) is 12.3 Å². The van der Waals surface area contributed by atoms with Gasteiger partial charge < -0.3 is 25.0 Å². The van der Waals surface area contributed by atoms with Crippen LogP contribution in [0.5, 0.6) is 0 Å². The van der Waals surface area contributed by atoms with E-state index in [1.54, 1.807) is 6.20 Å². The number of aryl methyl sites for hydroxylation is 1. The second kappa shape index (κ2) is 6.28. The Morgan fingerprint density at radius 1 is 1.00 bits per heavy atom. The van der Waals surface area contributed by atoms with Gasteiger partial charge in [0.05, 0.1) is 31.8 Å². The zero-order valence-electron chi connectivity index (χ0n) is 15.4. The molecule has 3 saturated heterocycles. The maximum Gasteiger partial charge on any atom is 0.230 e. The van der Waals surface area contributed by atoms with Crippen molar-refractivity contribution in [3.05, 3.63) is 17.8 Å². The van der Waals surface area contributed by atoms with Crippen LogP contribution in [0.2, 0.25) is 0 Å². The molecule has 0 bridgehead atoms. The van der Waals surface area contributed by atoms with Crippen molar-refractivity contribution in [3.63, 3.8) is 0 Å². The van der Waals surface area contributed by atoms with Crippen molar-refractivity contribution in [2.75, 3.05) is 68.1 Å². The zero-order chi connectivity index (χ0) is 18.4. The second-order valence-electron chi connectivity index (χ2n) is 7.63. The summed E-state index contributed by atoms with van der Waals surface area (Å²) < 4.78 is 10.8. The topological polar surface area (TPSA) is 103 Å². The van der Waals surface area contributed by atoms with Crippen molar-refractivity contribution in [3.8, 4) is 11.4 Å². The number of aromatic nitrogens is 4. The van der Waals surface area contributed by atoms with Crippen LogP contribution in [0.25, 0.3) is 11.4 Å². The molecule has 2 aromatic heterocycles. The lowest BCUT2D eigenvalue weighted by molar-refractivity contribution is -0.127. The molecule has 0 saturated carbocycles. The summed E-state index contributed by atoms with van der Waals surface area (Å²) in [5.74, 6) is 2.54. The van der Waals surface area contributed by atoms with Gasteiger partial charge in [-0.2, -0.15) is 15.0 Å². The van der Waals surface area contributed by atoms with E-state index in [1.807, 2.05) is 13.0 Å². The molecule has 5 rings (SSSR count). The number of nitrogens with two attached hydrogens (primary N) is 1. The highest BCUT2D eigenvalue weighted by molar-refractivity contribution is 5.63. The molecule has 0 aliphatic carbocycles. The van der Waals surface area contributed by atoms with Gasteiger partial charge in [0.2, 0.25) is 11.9 Å². The summed E-state index contributed by atoms with van der Waals surface area (Å²) in [5.41, 5.74) is 7.98. The molecule has 0 amide bonds. The summed E-state index contributed by atoms with van der Waals surface area (Å²) >= 11 is 0.